The van der Waals surface area contributed by atoms with Gasteiger partial charge in [-0.2, -0.15) is 0 Å². The lowest BCUT2D eigenvalue weighted by atomic mass is 9.66. The number of hydrogen-bond donors (Lipinski definition) is 0. The molecule has 2 aliphatic rings. The second kappa shape index (κ2) is 5.80. The lowest BCUT2D eigenvalue weighted by Crippen LogP contribution is -2.56. The minimum Gasteiger partial charge on any atom is -0.449 e. The monoisotopic (exact) mass is 303 g/mol. The predicted molar refractivity (Wildman–Crippen MR) is 74.3 cm³/mol. The zero-order chi connectivity index (χ0) is 14.9. The number of carbonyl (C=O) groups excluding carboxylic acids is 2. The summed E-state index contributed by atoms with van der Waals surface area (Å²) in [5.41, 5.74) is -0.449. The molecule has 6 heteroatoms. The maximum atomic E-state index is 11.8. The average molecular weight is 304 g/mol. The Morgan fingerprint density at radius 1 is 1.20 bits per heavy atom. The lowest BCUT2D eigenvalue weighted by molar-refractivity contribution is -0.153. The van der Waals surface area contributed by atoms with Crippen LogP contribution in [0, 0.1) is 17.8 Å². The molecule has 0 spiro atoms. The van der Waals surface area contributed by atoms with Crippen LogP contribution >= 0.6 is 11.6 Å². The number of halogens is 1. The van der Waals surface area contributed by atoms with E-state index >= 15 is 0 Å². The Morgan fingerprint density at radius 3 is 2.30 bits per heavy atom. The molecule has 1 saturated heterocycles. The van der Waals surface area contributed by atoms with Gasteiger partial charge in [-0.3, -0.25) is 4.79 Å². The molecule has 5 nitrogen and oxygen atoms in total. The molecule has 0 aromatic rings. The standard InChI is InChI=1S/C14H22ClNO4/c1-14(2,3)20-13(18)16-6-11(7-16)9-4-10(5-9)12(17)19-8-15/h9-11H,4-8H2,1-3H3. The molecule has 1 saturated carbocycles. The molecule has 0 unspecified atom stereocenters. The summed E-state index contributed by atoms with van der Waals surface area (Å²) in [6, 6.07) is -0.0736. The van der Waals surface area contributed by atoms with Crippen molar-refractivity contribution in [2.45, 2.75) is 39.2 Å². The van der Waals surface area contributed by atoms with Crippen LogP contribution in [0.4, 0.5) is 4.79 Å². The van der Waals surface area contributed by atoms with Crippen LogP contribution in [-0.2, 0) is 14.3 Å². The van der Waals surface area contributed by atoms with Crippen LogP contribution in [0.15, 0.2) is 0 Å². The van der Waals surface area contributed by atoms with Crippen molar-refractivity contribution in [3.05, 3.63) is 0 Å². The molecular formula is C14H22ClNO4. The highest BCUT2D eigenvalue weighted by molar-refractivity contribution is 6.17. The van der Waals surface area contributed by atoms with E-state index in [1.165, 1.54) is 0 Å². The van der Waals surface area contributed by atoms with E-state index in [0.29, 0.717) is 11.8 Å². The predicted octanol–water partition coefficient (Wildman–Crippen LogP) is 2.62. The van der Waals surface area contributed by atoms with Gasteiger partial charge >= 0.3 is 12.1 Å². The Hall–Kier alpha value is -0.970. The quantitative estimate of drug-likeness (QED) is 0.594. The summed E-state index contributed by atoms with van der Waals surface area (Å²) in [6.07, 6.45) is 1.46. The fourth-order valence-corrected chi connectivity index (χ4v) is 2.80. The fraction of sp³-hybridized carbons (Fsp3) is 0.857. The number of alkyl halides is 1. The Morgan fingerprint density at radius 2 is 1.80 bits per heavy atom. The number of nitrogens with zero attached hydrogens (tertiary/aromatic N) is 1. The van der Waals surface area contributed by atoms with Crippen molar-refractivity contribution in [2.24, 2.45) is 17.8 Å². The molecule has 0 bridgehead atoms. The van der Waals surface area contributed by atoms with Gasteiger partial charge in [0.1, 0.15) is 5.60 Å². The van der Waals surface area contributed by atoms with Gasteiger partial charge in [-0.15, -0.1) is 0 Å². The molecule has 2 fully saturated rings. The highest BCUT2D eigenvalue weighted by atomic mass is 35.5. The molecule has 114 valence electrons. The van der Waals surface area contributed by atoms with Gasteiger partial charge in [0.2, 0.25) is 0 Å². The molecule has 0 atom stereocenters. The molecule has 1 amide bonds. The number of ether oxygens (including phenoxy) is 2. The van der Waals surface area contributed by atoms with Crippen LogP contribution < -0.4 is 0 Å². The largest absolute Gasteiger partial charge is 0.449 e. The van der Waals surface area contributed by atoms with E-state index in [0.717, 1.165) is 25.9 Å². The third-order valence-electron chi connectivity index (χ3n) is 3.93. The Balaban J connectivity index is 1.66. The van der Waals surface area contributed by atoms with Crippen LogP contribution in [0.2, 0.25) is 0 Å². The summed E-state index contributed by atoms with van der Waals surface area (Å²) in [6.45, 7) is 7.05. The molecule has 0 radical (unpaired) electrons. The van der Waals surface area contributed by atoms with Crippen LogP contribution in [0.1, 0.15) is 33.6 Å². The molecule has 1 aliphatic carbocycles. The smallest absolute Gasteiger partial charge is 0.410 e. The maximum absolute atomic E-state index is 11.8. The Bertz CT molecular complexity index is 381. The van der Waals surface area contributed by atoms with Gasteiger partial charge in [-0.25, -0.2) is 4.79 Å². The first-order valence-electron chi connectivity index (χ1n) is 7.00. The van der Waals surface area contributed by atoms with E-state index < -0.39 is 5.60 Å². The van der Waals surface area contributed by atoms with E-state index in [-0.39, 0.29) is 24.0 Å². The number of esters is 1. The van der Waals surface area contributed by atoms with Gasteiger partial charge in [0.25, 0.3) is 0 Å². The van der Waals surface area contributed by atoms with Crippen LogP contribution in [0.25, 0.3) is 0 Å². The summed E-state index contributed by atoms with van der Waals surface area (Å²) >= 11 is 5.36. The first-order valence-corrected chi connectivity index (χ1v) is 7.54. The summed E-state index contributed by atoms with van der Waals surface area (Å²) in [4.78, 5) is 24.9. The van der Waals surface area contributed by atoms with Crippen molar-refractivity contribution in [2.75, 3.05) is 19.2 Å². The fourth-order valence-electron chi connectivity index (χ4n) is 2.70. The summed E-state index contributed by atoms with van der Waals surface area (Å²) in [5, 5.41) is 0. The highest BCUT2D eigenvalue weighted by Crippen LogP contribution is 2.43. The SMILES string of the molecule is CC(C)(C)OC(=O)N1CC(C2CC(C(=O)OCCl)C2)C1. The normalized spacial score (nSPS) is 26.5. The number of likely N-dealkylation sites (tertiary alicyclic amines) is 1. The summed E-state index contributed by atoms with van der Waals surface area (Å²) < 4.78 is 10.1. The molecule has 1 aliphatic heterocycles. The van der Waals surface area contributed by atoms with Gasteiger partial charge in [0, 0.05) is 13.1 Å². The topological polar surface area (TPSA) is 55.8 Å². The van der Waals surface area contributed by atoms with Crippen molar-refractivity contribution < 1.29 is 19.1 Å². The lowest BCUT2D eigenvalue weighted by Gasteiger charge is -2.48. The second-order valence-electron chi connectivity index (χ2n) is 6.65. The van der Waals surface area contributed by atoms with E-state index in [1.54, 1.807) is 4.90 Å². The third-order valence-corrected chi connectivity index (χ3v) is 4.04. The summed E-state index contributed by atoms with van der Waals surface area (Å²) in [5.74, 6) is 0.804. The Labute approximate surface area is 124 Å². The highest BCUT2D eigenvalue weighted by Gasteiger charge is 2.45. The molecule has 1 heterocycles. The first-order chi connectivity index (χ1) is 9.30. The Kier molecular flexibility index (Phi) is 4.47. The summed E-state index contributed by atoms with van der Waals surface area (Å²) in [7, 11) is 0. The van der Waals surface area contributed by atoms with E-state index in [1.807, 2.05) is 20.8 Å². The van der Waals surface area contributed by atoms with Crippen molar-refractivity contribution in [1.82, 2.24) is 4.90 Å². The number of hydrogen-bond acceptors (Lipinski definition) is 4. The van der Waals surface area contributed by atoms with Crippen LogP contribution in [-0.4, -0.2) is 41.7 Å². The van der Waals surface area contributed by atoms with Gasteiger partial charge in [0.15, 0.2) is 6.07 Å². The van der Waals surface area contributed by atoms with Gasteiger partial charge in [-0.05, 0) is 45.4 Å². The average Bonchev–Trinajstić information content (AvgIpc) is 2.16. The molecule has 0 aromatic heterocycles. The van der Waals surface area contributed by atoms with E-state index in [2.05, 4.69) is 0 Å². The molecule has 20 heavy (non-hydrogen) atoms. The minimum absolute atomic E-state index is 0.00525. The van der Waals surface area contributed by atoms with Crippen molar-refractivity contribution in [3.8, 4) is 0 Å². The maximum Gasteiger partial charge on any atom is 0.410 e. The zero-order valence-corrected chi connectivity index (χ0v) is 13.0. The molecule has 0 N–H and O–H groups in total. The van der Waals surface area contributed by atoms with Crippen LogP contribution in [0.5, 0.6) is 0 Å². The van der Waals surface area contributed by atoms with Gasteiger partial charge < -0.3 is 14.4 Å². The van der Waals surface area contributed by atoms with Gasteiger partial charge in [0.05, 0.1) is 5.92 Å². The number of carbonyl (C=O) groups is 2. The van der Waals surface area contributed by atoms with Crippen LogP contribution in [0.3, 0.4) is 0 Å². The van der Waals surface area contributed by atoms with Crippen molar-refractivity contribution in [3.63, 3.8) is 0 Å². The number of rotatable bonds is 3. The number of amides is 1. The minimum atomic E-state index is -0.449. The first kappa shape index (κ1) is 15.4. The molecule has 2 rings (SSSR count). The molecular weight excluding hydrogens is 282 g/mol. The van der Waals surface area contributed by atoms with Crippen molar-refractivity contribution in [1.29, 1.82) is 0 Å². The second-order valence-corrected chi connectivity index (χ2v) is 6.86. The molecule has 0 aromatic carbocycles. The van der Waals surface area contributed by atoms with Crippen molar-refractivity contribution >= 4 is 23.7 Å². The van der Waals surface area contributed by atoms with E-state index in [4.69, 9.17) is 21.1 Å². The van der Waals surface area contributed by atoms with Gasteiger partial charge in [-0.1, -0.05) is 11.6 Å². The van der Waals surface area contributed by atoms with E-state index in [9.17, 15) is 9.59 Å². The third kappa shape index (κ3) is 3.57. The zero-order valence-electron chi connectivity index (χ0n) is 12.2.